The lowest BCUT2D eigenvalue weighted by atomic mass is 9.65. The summed E-state index contributed by atoms with van der Waals surface area (Å²) in [6, 6.07) is 9.07. The summed E-state index contributed by atoms with van der Waals surface area (Å²) in [4.78, 5) is 1.36. The molecule has 0 bridgehead atoms. The predicted octanol–water partition coefficient (Wildman–Crippen LogP) is 3.34. The van der Waals surface area contributed by atoms with Gasteiger partial charge in [-0.25, -0.2) is 0 Å². The third-order valence-corrected chi connectivity index (χ3v) is 4.45. The minimum atomic E-state index is 0.551. The maximum atomic E-state index is 3.35. The van der Waals surface area contributed by atoms with E-state index in [1.807, 2.05) is 11.8 Å². The third-order valence-electron chi connectivity index (χ3n) is 3.70. The van der Waals surface area contributed by atoms with Gasteiger partial charge in [0.2, 0.25) is 0 Å². The molecule has 16 heavy (non-hydrogen) atoms. The molecule has 0 atom stereocenters. The smallest absolute Gasteiger partial charge is 0.00693 e. The van der Waals surface area contributed by atoms with Crippen LogP contribution in [0.5, 0.6) is 0 Å². The summed E-state index contributed by atoms with van der Waals surface area (Å²) >= 11 is 1.81. The average molecular weight is 235 g/mol. The van der Waals surface area contributed by atoms with Crippen molar-refractivity contribution in [2.45, 2.75) is 30.6 Å². The van der Waals surface area contributed by atoms with Gasteiger partial charge < -0.3 is 5.32 Å². The second-order valence-electron chi connectivity index (χ2n) is 4.91. The molecule has 1 aromatic rings. The van der Waals surface area contributed by atoms with Gasteiger partial charge in [-0.2, -0.15) is 0 Å². The highest BCUT2D eigenvalue weighted by atomic mass is 32.2. The summed E-state index contributed by atoms with van der Waals surface area (Å²) in [5.41, 5.74) is 2.04. The molecule has 0 aliphatic heterocycles. The Hall–Kier alpha value is -0.470. The highest BCUT2D eigenvalue weighted by Crippen LogP contribution is 2.43. The van der Waals surface area contributed by atoms with Crippen molar-refractivity contribution in [3.8, 4) is 0 Å². The lowest BCUT2D eigenvalue weighted by Crippen LogP contribution is -2.40. The van der Waals surface area contributed by atoms with Gasteiger partial charge in [0.15, 0.2) is 0 Å². The van der Waals surface area contributed by atoms with Gasteiger partial charge in [-0.15, -0.1) is 11.8 Å². The van der Waals surface area contributed by atoms with Gasteiger partial charge in [-0.05, 0) is 55.7 Å². The van der Waals surface area contributed by atoms with Crippen LogP contribution in [-0.2, 0) is 6.42 Å². The molecule has 1 N–H and O–H groups in total. The molecule has 0 amide bonds. The van der Waals surface area contributed by atoms with Gasteiger partial charge in [-0.3, -0.25) is 0 Å². The number of benzene rings is 1. The van der Waals surface area contributed by atoms with Gasteiger partial charge in [0, 0.05) is 11.4 Å². The van der Waals surface area contributed by atoms with E-state index in [0.717, 1.165) is 6.54 Å². The summed E-state index contributed by atoms with van der Waals surface area (Å²) in [5, 5.41) is 3.35. The number of hydrogen-bond donors (Lipinski definition) is 1. The van der Waals surface area contributed by atoms with E-state index >= 15 is 0 Å². The molecule has 0 spiro atoms. The van der Waals surface area contributed by atoms with E-state index in [0.29, 0.717) is 5.41 Å². The minimum Gasteiger partial charge on any atom is -0.319 e. The van der Waals surface area contributed by atoms with Crippen LogP contribution in [0.2, 0.25) is 0 Å². The number of rotatable bonds is 5. The van der Waals surface area contributed by atoms with Crippen molar-refractivity contribution >= 4 is 11.8 Å². The zero-order chi connectivity index (χ0) is 11.4. The fourth-order valence-corrected chi connectivity index (χ4v) is 3.05. The van der Waals surface area contributed by atoms with E-state index in [1.54, 1.807) is 0 Å². The number of hydrogen-bond acceptors (Lipinski definition) is 2. The molecule has 1 fully saturated rings. The molecular formula is C14H21NS. The van der Waals surface area contributed by atoms with Crippen LogP contribution in [-0.4, -0.2) is 19.8 Å². The number of thioether (sulfide) groups is 1. The molecule has 0 unspecified atom stereocenters. The molecule has 2 heteroatoms. The van der Waals surface area contributed by atoms with Crippen molar-refractivity contribution in [2.24, 2.45) is 5.41 Å². The van der Waals surface area contributed by atoms with Crippen molar-refractivity contribution in [1.29, 1.82) is 0 Å². The first-order valence-electron chi connectivity index (χ1n) is 6.06. The molecule has 0 radical (unpaired) electrons. The first kappa shape index (κ1) is 12.0. The zero-order valence-corrected chi connectivity index (χ0v) is 11.1. The van der Waals surface area contributed by atoms with Crippen LogP contribution in [0.15, 0.2) is 29.2 Å². The van der Waals surface area contributed by atoms with Crippen LogP contribution in [0.1, 0.15) is 24.8 Å². The maximum Gasteiger partial charge on any atom is 0.00693 e. The molecule has 0 saturated heterocycles. The van der Waals surface area contributed by atoms with Crippen LogP contribution in [0.3, 0.4) is 0 Å². The molecule has 1 aliphatic rings. The Bertz CT molecular complexity index is 327. The summed E-state index contributed by atoms with van der Waals surface area (Å²) in [5.74, 6) is 0. The highest BCUT2D eigenvalue weighted by molar-refractivity contribution is 7.98. The lowest BCUT2D eigenvalue weighted by molar-refractivity contribution is 0.133. The molecule has 1 nitrogen and oxygen atoms in total. The monoisotopic (exact) mass is 235 g/mol. The predicted molar refractivity (Wildman–Crippen MR) is 72.1 cm³/mol. The van der Waals surface area contributed by atoms with Crippen molar-refractivity contribution in [2.75, 3.05) is 19.8 Å². The first-order valence-corrected chi connectivity index (χ1v) is 7.28. The molecular weight excluding hydrogens is 214 g/mol. The van der Waals surface area contributed by atoms with Crippen molar-refractivity contribution in [1.82, 2.24) is 5.32 Å². The van der Waals surface area contributed by atoms with E-state index < -0.39 is 0 Å². The Labute approximate surface area is 103 Å². The average Bonchev–Trinajstić information content (AvgIpc) is 2.27. The van der Waals surface area contributed by atoms with E-state index in [-0.39, 0.29) is 0 Å². The van der Waals surface area contributed by atoms with E-state index in [4.69, 9.17) is 0 Å². The molecule has 88 valence electrons. The van der Waals surface area contributed by atoms with Crippen LogP contribution in [0.25, 0.3) is 0 Å². The topological polar surface area (TPSA) is 12.0 Å². The molecule has 0 aromatic heterocycles. The summed E-state index contributed by atoms with van der Waals surface area (Å²) in [6.45, 7) is 1.16. The SMILES string of the molecule is CNCC1(Cc2ccc(SC)cc2)CCC1. The second kappa shape index (κ2) is 5.24. The molecule has 1 aromatic carbocycles. The Morgan fingerprint density at radius 2 is 1.94 bits per heavy atom. The number of nitrogens with one attached hydrogen (secondary N) is 1. The van der Waals surface area contributed by atoms with Crippen LogP contribution in [0, 0.1) is 5.41 Å². The Balaban J connectivity index is 2.01. The molecule has 0 heterocycles. The fourth-order valence-electron chi connectivity index (χ4n) is 2.64. The Kier molecular flexibility index (Phi) is 3.93. The van der Waals surface area contributed by atoms with Crippen molar-refractivity contribution in [3.63, 3.8) is 0 Å². The standard InChI is InChI=1S/C14H21NS/c1-15-11-14(8-3-9-14)10-12-4-6-13(16-2)7-5-12/h4-7,15H,3,8-11H2,1-2H3. The van der Waals surface area contributed by atoms with E-state index in [9.17, 15) is 0 Å². The quantitative estimate of drug-likeness (QED) is 0.786. The van der Waals surface area contributed by atoms with Gasteiger partial charge in [0.25, 0.3) is 0 Å². The van der Waals surface area contributed by atoms with Gasteiger partial charge in [0.1, 0.15) is 0 Å². The van der Waals surface area contributed by atoms with Gasteiger partial charge in [0.05, 0.1) is 0 Å². The summed E-state index contributed by atoms with van der Waals surface area (Å²) in [6.07, 6.45) is 7.55. The van der Waals surface area contributed by atoms with E-state index in [2.05, 4.69) is 42.9 Å². The van der Waals surface area contributed by atoms with Crippen molar-refractivity contribution in [3.05, 3.63) is 29.8 Å². The maximum absolute atomic E-state index is 3.35. The van der Waals surface area contributed by atoms with Crippen LogP contribution in [0.4, 0.5) is 0 Å². The minimum absolute atomic E-state index is 0.551. The summed E-state index contributed by atoms with van der Waals surface area (Å²) in [7, 11) is 2.07. The lowest BCUT2D eigenvalue weighted by Gasteiger charge is -2.42. The molecule has 1 saturated carbocycles. The highest BCUT2D eigenvalue weighted by Gasteiger charge is 2.35. The largest absolute Gasteiger partial charge is 0.319 e. The fraction of sp³-hybridized carbons (Fsp3) is 0.571. The van der Waals surface area contributed by atoms with Crippen LogP contribution < -0.4 is 5.32 Å². The Morgan fingerprint density at radius 1 is 1.25 bits per heavy atom. The Morgan fingerprint density at radius 3 is 2.38 bits per heavy atom. The van der Waals surface area contributed by atoms with Gasteiger partial charge >= 0.3 is 0 Å². The van der Waals surface area contributed by atoms with Gasteiger partial charge in [-0.1, -0.05) is 18.6 Å². The van der Waals surface area contributed by atoms with E-state index in [1.165, 1.54) is 36.1 Å². The van der Waals surface area contributed by atoms with Crippen LogP contribution >= 0.6 is 11.8 Å². The first-order chi connectivity index (χ1) is 7.78. The normalized spacial score (nSPS) is 18.1. The second-order valence-corrected chi connectivity index (χ2v) is 5.79. The third kappa shape index (κ3) is 2.61. The van der Waals surface area contributed by atoms with Crippen molar-refractivity contribution < 1.29 is 0 Å². The zero-order valence-electron chi connectivity index (χ0n) is 10.3. The molecule has 1 aliphatic carbocycles. The molecule has 2 rings (SSSR count). The summed E-state index contributed by atoms with van der Waals surface area (Å²) < 4.78 is 0.